The SMILES string of the molecule is CCOc1ccc2cc(C#Cc3ccc(C#CC(F)(F)F)c(F)c3)sc2c1. The summed E-state index contributed by atoms with van der Waals surface area (Å²) in [6, 6.07) is 11.4. The second-order valence-electron chi connectivity index (χ2n) is 5.44. The molecule has 3 rings (SSSR count). The van der Waals surface area contributed by atoms with Crippen LogP contribution in [0, 0.1) is 29.5 Å². The molecule has 136 valence electrons. The van der Waals surface area contributed by atoms with Gasteiger partial charge in [0, 0.05) is 16.2 Å². The van der Waals surface area contributed by atoms with Crippen LogP contribution in [0.5, 0.6) is 5.75 Å². The summed E-state index contributed by atoms with van der Waals surface area (Å²) in [6.45, 7) is 2.49. The predicted octanol–water partition coefficient (Wildman–Crippen LogP) is 5.75. The molecule has 0 aliphatic heterocycles. The lowest BCUT2D eigenvalue weighted by Gasteiger charge is -2.01. The Bertz CT molecular complexity index is 1100. The van der Waals surface area contributed by atoms with Crippen LogP contribution in [-0.2, 0) is 0 Å². The van der Waals surface area contributed by atoms with Crippen molar-refractivity contribution >= 4 is 21.4 Å². The second-order valence-corrected chi connectivity index (χ2v) is 6.52. The first-order valence-electron chi connectivity index (χ1n) is 7.92. The molecule has 2 aromatic carbocycles. The van der Waals surface area contributed by atoms with E-state index in [0.717, 1.165) is 32.7 Å². The van der Waals surface area contributed by atoms with E-state index >= 15 is 0 Å². The predicted molar refractivity (Wildman–Crippen MR) is 98.3 cm³/mol. The maximum Gasteiger partial charge on any atom is 0.458 e. The van der Waals surface area contributed by atoms with E-state index in [2.05, 4.69) is 11.8 Å². The van der Waals surface area contributed by atoms with Crippen molar-refractivity contribution in [3.63, 3.8) is 0 Å². The van der Waals surface area contributed by atoms with E-state index < -0.39 is 12.0 Å². The number of hydrogen-bond donors (Lipinski definition) is 0. The van der Waals surface area contributed by atoms with Crippen LogP contribution in [0.1, 0.15) is 22.9 Å². The highest BCUT2D eigenvalue weighted by Gasteiger charge is 2.23. The van der Waals surface area contributed by atoms with Crippen LogP contribution < -0.4 is 4.74 Å². The molecular weight excluding hydrogens is 376 g/mol. The molecule has 0 aliphatic carbocycles. The quantitative estimate of drug-likeness (QED) is 0.401. The number of benzene rings is 2. The minimum atomic E-state index is -4.66. The molecule has 0 saturated heterocycles. The molecule has 1 aromatic heterocycles. The van der Waals surface area contributed by atoms with E-state index in [0.29, 0.717) is 12.2 Å². The van der Waals surface area contributed by atoms with Crippen LogP contribution in [0.15, 0.2) is 42.5 Å². The van der Waals surface area contributed by atoms with Crippen LogP contribution in [0.2, 0.25) is 0 Å². The Morgan fingerprint density at radius 1 is 1.00 bits per heavy atom. The Labute approximate surface area is 157 Å². The third kappa shape index (κ3) is 5.03. The number of ether oxygens (including phenoxy) is 1. The molecule has 0 N–H and O–H groups in total. The summed E-state index contributed by atoms with van der Waals surface area (Å²) in [5, 5.41) is 1.02. The van der Waals surface area contributed by atoms with Crippen LogP contribution >= 0.6 is 11.3 Å². The first-order valence-corrected chi connectivity index (χ1v) is 8.73. The van der Waals surface area contributed by atoms with Crippen molar-refractivity contribution in [3.05, 3.63) is 64.3 Å². The van der Waals surface area contributed by atoms with Gasteiger partial charge in [-0.2, -0.15) is 13.2 Å². The fourth-order valence-corrected chi connectivity index (χ4v) is 3.24. The standard InChI is InChI=1S/C21H12F4OS/c1-2-26-17-7-6-16-12-18(27-20(16)13-17)8-4-14-3-5-15(19(22)11-14)9-10-21(23,24)25/h3,5-7,11-13H,2H2,1H3. The highest BCUT2D eigenvalue weighted by Crippen LogP contribution is 2.28. The Kier molecular flexibility index (Phi) is 5.39. The lowest BCUT2D eigenvalue weighted by molar-refractivity contribution is -0.0696. The van der Waals surface area contributed by atoms with Crippen molar-refractivity contribution < 1.29 is 22.3 Å². The fraction of sp³-hybridized carbons (Fsp3) is 0.143. The van der Waals surface area contributed by atoms with Crippen molar-refractivity contribution in [2.75, 3.05) is 6.61 Å². The Morgan fingerprint density at radius 2 is 1.81 bits per heavy atom. The average Bonchev–Trinajstić information content (AvgIpc) is 3.01. The molecule has 0 aliphatic rings. The minimum absolute atomic E-state index is 0.316. The average molecular weight is 388 g/mol. The van der Waals surface area contributed by atoms with Crippen molar-refractivity contribution in [3.8, 4) is 29.4 Å². The largest absolute Gasteiger partial charge is 0.494 e. The molecule has 0 spiro atoms. The van der Waals surface area contributed by atoms with Crippen molar-refractivity contribution in [1.82, 2.24) is 0 Å². The zero-order valence-corrected chi connectivity index (χ0v) is 14.9. The van der Waals surface area contributed by atoms with Crippen molar-refractivity contribution in [1.29, 1.82) is 0 Å². The van der Waals surface area contributed by atoms with Crippen LogP contribution in [0.3, 0.4) is 0 Å². The first kappa shape index (κ1) is 18.8. The summed E-state index contributed by atoms with van der Waals surface area (Å²) in [6.07, 6.45) is -4.66. The first-order chi connectivity index (χ1) is 12.8. The van der Waals surface area contributed by atoms with Crippen molar-refractivity contribution in [2.45, 2.75) is 13.1 Å². The van der Waals surface area contributed by atoms with Gasteiger partial charge >= 0.3 is 6.18 Å². The molecular formula is C21H12F4OS. The van der Waals surface area contributed by atoms with Gasteiger partial charge < -0.3 is 4.74 Å². The summed E-state index contributed by atoms with van der Waals surface area (Å²) >= 11 is 1.48. The van der Waals surface area contributed by atoms with E-state index in [1.165, 1.54) is 23.5 Å². The van der Waals surface area contributed by atoms with E-state index in [9.17, 15) is 17.6 Å². The molecule has 6 heteroatoms. The number of halogens is 4. The topological polar surface area (TPSA) is 9.23 Å². The summed E-state index contributed by atoms with van der Waals surface area (Å²) < 4.78 is 56.6. The summed E-state index contributed by atoms with van der Waals surface area (Å²) in [7, 11) is 0. The van der Waals surface area contributed by atoms with Gasteiger partial charge in [-0.3, -0.25) is 0 Å². The molecule has 3 aromatic rings. The monoisotopic (exact) mass is 388 g/mol. The number of fused-ring (bicyclic) bond motifs is 1. The van der Waals surface area contributed by atoms with Gasteiger partial charge in [-0.05, 0) is 54.8 Å². The van der Waals surface area contributed by atoms with Crippen LogP contribution in [0.25, 0.3) is 10.1 Å². The maximum atomic E-state index is 13.9. The van der Waals surface area contributed by atoms with Crippen LogP contribution in [0.4, 0.5) is 17.6 Å². The molecule has 0 radical (unpaired) electrons. The molecule has 0 fully saturated rings. The maximum absolute atomic E-state index is 13.9. The third-order valence-corrected chi connectivity index (χ3v) is 4.45. The highest BCUT2D eigenvalue weighted by molar-refractivity contribution is 7.19. The van der Waals surface area contributed by atoms with Gasteiger partial charge in [0.05, 0.1) is 17.0 Å². The van der Waals surface area contributed by atoms with Gasteiger partial charge in [0.15, 0.2) is 0 Å². The van der Waals surface area contributed by atoms with E-state index in [-0.39, 0.29) is 5.56 Å². The summed E-state index contributed by atoms with van der Waals surface area (Å²) in [5.74, 6) is 8.54. The molecule has 27 heavy (non-hydrogen) atoms. The second kappa shape index (κ2) is 7.73. The number of alkyl halides is 3. The van der Waals surface area contributed by atoms with Gasteiger partial charge in [-0.15, -0.1) is 11.3 Å². The number of thiophene rings is 1. The lowest BCUT2D eigenvalue weighted by atomic mass is 10.1. The Morgan fingerprint density at radius 3 is 2.52 bits per heavy atom. The smallest absolute Gasteiger partial charge is 0.458 e. The normalized spacial score (nSPS) is 10.7. The number of rotatable bonds is 2. The lowest BCUT2D eigenvalue weighted by Crippen LogP contribution is -2.01. The zero-order valence-electron chi connectivity index (χ0n) is 14.1. The summed E-state index contributed by atoms with van der Waals surface area (Å²) in [4.78, 5) is 0.792. The van der Waals surface area contributed by atoms with Gasteiger partial charge in [0.2, 0.25) is 0 Å². The Balaban J connectivity index is 1.84. The van der Waals surface area contributed by atoms with Crippen LogP contribution in [-0.4, -0.2) is 12.8 Å². The van der Waals surface area contributed by atoms with E-state index in [1.807, 2.05) is 31.2 Å². The third-order valence-electron chi connectivity index (χ3n) is 3.44. The van der Waals surface area contributed by atoms with E-state index in [1.54, 1.807) is 5.92 Å². The minimum Gasteiger partial charge on any atom is -0.494 e. The zero-order chi connectivity index (χ0) is 19.4. The molecule has 0 atom stereocenters. The molecule has 1 heterocycles. The molecule has 0 bridgehead atoms. The highest BCUT2D eigenvalue weighted by atomic mass is 32.1. The van der Waals surface area contributed by atoms with Gasteiger partial charge in [0.1, 0.15) is 11.6 Å². The molecule has 0 saturated carbocycles. The Hall–Kier alpha value is -2.96. The van der Waals surface area contributed by atoms with Gasteiger partial charge in [0.25, 0.3) is 0 Å². The molecule has 0 unspecified atom stereocenters. The molecule has 0 amide bonds. The summed E-state index contributed by atoms with van der Waals surface area (Å²) in [5.41, 5.74) is 0.0423. The van der Waals surface area contributed by atoms with Crippen molar-refractivity contribution in [2.24, 2.45) is 0 Å². The number of hydrogen-bond acceptors (Lipinski definition) is 2. The van der Waals surface area contributed by atoms with Gasteiger partial charge in [-0.25, -0.2) is 4.39 Å². The molecule has 1 nitrogen and oxygen atoms in total. The van der Waals surface area contributed by atoms with Gasteiger partial charge in [-0.1, -0.05) is 17.8 Å². The van der Waals surface area contributed by atoms with E-state index in [4.69, 9.17) is 4.74 Å². The fourth-order valence-electron chi connectivity index (χ4n) is 2.30.